The Hall–Kier alpha value is -1.59. The number of aryl methyl sites for hydroxylation is 2. The van der Waals surface area contributed by atoms with Gasteiger partial charge in [0.2, 0.25) is 5.82 Å². The lowest BCUT2D eigenvalue weighted by molar-refractivity contribution is -0.384. The molecule has 1 N–H and O–H groups in total. The first-order valence-electron chi connectivity index (χ1n) is 5.91. The zero-order valence-corrected chi connectivity index (χ0v) is 10.9. The molecule has 0 fully saturated rings. The molecule has 0 saturated heterocycles. The molecule has 1 rings (SSSR count). The van der Waals surface area contributed by atoms with Crippen molar-refractivity contribution >= 4 is 11.5 Å². The van der Waals surface area contributed by atoms with Crippen LogP contribution in [0, 0.1) is 16.0 Å². The van der Waals surface area contributed by atoms with Crippen LogP contribution < -0.4 is 5.32 Å². The smallest absolute Gasteiger partial charge is 0.333 e. The van der Waals surface area contributed by atoms with Crippen molar-refractivity contribution in [2.75, 3.05) is 11.9 Å². The van der Waals surface area contributed by atoms with Gasteiger partial charge in [-0.3, -0.25) is 10.1 Å². The number of nitrogens with zero attached hydrogens (tertiary/aromatic N) is 3. The Kier molecular flexibility index (Phi) is 4.48. The number of anilines is 1. The van der Waals surface area contributed by atoms with Crippen LogP contribution in [0.4, 0.5) is 11.5 Å². The van der Waals surface area contributed by atoms with Gasteiger partial charge in [0.15, 0.2) is 0 Å². The van der Waals surface area contributed by atoms with Gasteiger partial charge in [0.1, 0.15) is 5.69 Å². The van der Waals surface area contributed by atoms with Crippen LogP contribution in [-0.2, 0) is 13.5 Å². The summed E-state index contributed by atoms with van der Waals surface area (Å²) < 4.78 is 1.56. The molecule has 0 aliphatic carbocycles. The van der Waals surface area contributed by atoms with Gasteiger partial charge in [-0.05, 0) is 12.3 Å². The molecule has 0 bridgehead atoms. The summed E-state index contributed by atoms with van der Waals surface area (Å²) in [6.07, 6.45) is 1.48. The molecule has 6 nitrogen and oxygen atoms in total. The predicted molar refractivity (Wildman–Crippen MR) is 67.2 cm³/mol. The summed E-state index contributed by atoms with van der Waals surface area (Å²) in [7, 11) is 1.73. The van der Waals surface area contributed by atoms with Crippen molar-refractivity contribution in [3.63, 3.8) is 0 Å². The topological polar surface area (TPSA) is 73.0 Å². The van der Waals surface area contributed by atoms with Crippen LogP contribution in [0.15, 0.2) is 0 Å². The summed E-state index contributed by atoms with van der Waals surface area (Å²) in [5.41, 5.74) is 0.682. The van der Waals surface area contributed by atoms with Crippen LogP contribution in [0.5, 0.6) is 0 Å². The first kappa shape index (κ1) is 13.5. The van der Waals surface area contributed by atoms with E-state index in [4.69, 9.17) is 0 Å². The van der Waals surface area contributed by atoms with Gasteiger partial charge in [-0.25, -0.2) is 4.68 Å². The molecule has 0 aliphatic heterocycles. The van der Waals surface area contributed by atoms with E-state index < -0.39 is 0 Å². The molecule has 0 unspecified atom stereocenters. The Morgan fingerprint density at radius 2 is 2.18 bits per heavy atom. The maximum absolute atomic E-state index is 11.1. The molecule has 1 aromatic heterocycles. The molecule has 0 amide bonds. The van der Waals surface area contributed by atoms with Crippen LogP contribution in [0.1, 0.15) is 32.9 Å². The molecule has 17 heavy (non-hydrogen) atoms. The largest absolute Gasteiger partial charge is 0.364 e. The SMILES string of the molecule is CCCc1nn(C)c(NCC(C)C)c1[N+](=O)[O-]. The van der Waals surface area contributed by atoms with Gasteiger partial charge in [-0.2, -0.15) is 5.10 Å². The van der Waals surface area contributed by atoms with Crippen LogP contribution in [0.25, 0.3) is 0 Å². The fourth-order valence-corrected chi connectivity index (χ4v) is 1.66. The highest BCUT2D eigenvalue weighted by Gasteiger charge is 2.25. The Morgan fingerprint density at radius 1 is 1.53 bits per heavy atom. The number of rotatable bonds is 6. The Labute approximate surface area is 101 Å². The van der Waals surface area contributed by atoms with Crippen molar-refractivity contribution in [1.82, 2.24) is 9.78 Å². The Bertz CT molecular complexity index is 398. The van der Waals surface area contributed by atoms with E-state index in [9.17, 15) is 10.1 Å². The molecule has 0 aliphatic rings. The van der Waals surface area contributed by atoms with Gasteiger partial charge in [0.25, 0.3) is 0 Å². The third-order valence-corrected chi connectivity index (χ3v) is 2.44. The zero-order valence-electron chi connectivity index (χ0n) is 10.9. The number of hydrogen-bond acceptors (Lipinski definition) is 4. The standard InChI is InChI=1S/C11H20N4O2/c1-5-6-9-10(15(16)17)11(14(4)13-9)12-7-8(2)3/h8,12H,5-7H2,1-4H3. The minimum Gasteiger partial charge on any atom is -0.364 e. The summed E-state index contributed by atoms with van der Waals surface area (Å²) in [6.45, 7) is 6.80. The molecule has 1 aromatic rings. The van der Waals surface area contributed by atoms with Crippen molar-refractivity contribution in [2.45, 2.75) is 33.6 Å². The molecular formula is C11H20N4O2. The molecular weight excluding hydrogens is 220 g/mol. The van der Waals surface area contributed by atoms with E-state index in [-0.39, 0.29) is 10.6 Å². The summed E-state index contributed by atoms with van der Waals surface area (Å²) in [5, 5.41) is 18.4. The predicted octanol–water partition coefficient (Wildman–Crippen LogP) is 2.35. The maximum Gasteiger partial charge on any atom is 0.333 e. The third-order valence-electron chi connectivity index (χ3n) is 2.44. The van der Waals surface area contributed by atoms with Crippen molar-refractivity contribution in [3.8, 4) is 0 Å². The highest BCUT2D eigenvalue weighted by molar-refractivity contribution is 5.59. The van der Waals surface area contributed by atoms with Crippen LogP contribution >= 0.6 is 0 Å². The normalized spacial score (nSPS) is 10.9. The Morgan fingerprint density at radius 3 is 2.65 bits per heavy atom. The molecule has 0 spiro atoms. The molecule has 0 saturated carbocycles. The van der Waals surface area contributed by atoms with Crippen molar-refractivity contribution in [3.05, 3.63) is 15.8 Å². The minimum absolute atomic E-state index is 0.120. The van der Waals surface area contributed by atoms with Gasteiger partial charge in [0, 0.05) is 13.6 Å². The average Bonchev–Trinajstić information content (AvgIpc) is 2.52. The molecule has 0 radical (unpaired) electrons. The lowest BCUT2D eigenvalue weighted by Gasteiger charge is -2.08. The second-order valence-electron chi connectivity index (χ2n) is 4.55. The highest BCUT2D eigenvalue weighted by Crippen LogP contribution is 2.28. The minimum atomic E-state index is -0.347. The molecule has 1 heterocycles. The quantitative estimate of drug-likeness (QED) is 0.612. The molecule has 6 heteroatoms. The summed E-state index contributed by atoms with van der Waals surface area (Å²) in [5.74, 6) is 0.936. The van der Waals surface area contributed by atoms with Crippen molar-refractivity contribution in [1.29, 1.82) is 0 Å². The number of nitro groups is 1. The molecule has 0 aromatic carbocycles. The van der Waals surface area contributed by atoms with Gasteiger partial charge in [-0.15, -0.1) is 0 Å². The van der Waals surface area contributed by atoms with E-state index >= 15 is 0 Å². The van der Waals surface area contributed by atoms with E-state index in [0.717, 1.165) is 6.42 Å². The van der Waals surface area contributed by atoms with Gasteiger partial charge in [0.05, 0.1) is 4.92 Å². The highest BCUT2D eigenvalue weighted by atomic mass is 16.6. The lowest BCUT2D eigenvalue weighted by Crippen LogP contribution is -2.12. The van der Waals surface area contributed by atoms with E-state index in [1.54, 1.807) is 11.7 Å². The fraction of sp³-hybridized carbons (Fsp3) is 0.727. The first-order valence-corrected chi connectivity index (χ1v) is 5.91. The number of hydrogen-bond donors (Lipinski definition) is 1. The summed E-state index contributed by atoms with van der Waals surface area (Å²) in [6, 6.07) is 0. The maximum atomic E-state index is 11.1. The van der Waals surface area contributed by atoms with E-state index in [0.29, 0.717) is 30.4 Å². The van der Waals surface area contributed by atoms with Gasteiger partial charge in [-0.1, -0.05) is 27.2 Å². The van der Waals surface area contributed by atoms with Crippen LogP contribution in [-0.4, -0.2) is 21.2 Å². The molecule has 0 atom stereocenters. The fourth-order valence-electron chi connectivity index (χ4n) is 1.66. The van der Waals surface area contributed by atoms with Crippen molar-refractivity contribution < 1.29 is 4.92 Å². The monoisotopic (exact) mass is 240 g/mol. The summed E-state index contributed by atoms with van der Waals surface area (Å²) >= 11 is 0. The second-order valence-corrected chi connectivity index (χ2v) is 4.55. The zero-order chi connectivity index (χ0) is 13.0. The third kappa shape index (κ3) is 3.18. The van der Waals surface area contributed by atoms with Crippen LogP contribution in [0.2, 0.25) is 0 Å². The summed E-state index contributed by atoms with van der Waals surface area (Å²) in [4.78, 5) is 10.7. The Balaban J connectivity index is 3.04. The average molecular weight is 240 g/mol. The van der Waals surface area contributed by atoms with E-state index in [1.807, 2.05) is 6.92 Å². The van der Waals surface area contributed by atoms with Gasteiger partial charge < -0.3 is 5.32 Å². The molecule has 96 valence electrons. The van der Waals surface area contributed by atoms with Crippen LogP contribution in [0.3, 0.4) is 0 Å². The van der Waals surface area contributed by atoms with Gasteiger partial charge >= 0.3 is 5.69 Å². The number of nitrogens with one attached hydrogen (secondary N) is 1. The van der Waals surface area contributed by atoms with E-state index in [1.165, 1.54) is 0 Å². The second kappa shape index (κ2) is 5.65. The van der Waals surface area contributed by atoms with E-state index in [2.05, 4.69) is 24.3 Å². The van der Waals surface area contributed by atoms with Crippen molar-refractivity contribution in [2.24, 2.45) is 13.0 Å². The lowest BCUT2D eigenvalue weighted by atomic mass is 10.2. The first-order chi connectivity index (χ1) is 7.97. The number of aromatic nitrogens is 2.